The minimum Gasteiger partial charge on any atom is -0.508 e. The summed E-state index contributed by atoms with van der Waals surface area (Å²) in [5.41, 5.74) is 3.33. The number of piperazine rings is 1. The molecule has 0 bridgehead atoms. The lowest BCUT2D eigenvalue weighted by molar-refractivity contribution is 0.211. The van der Waals surface area contributed by atoms with Crippen molar-refractivity contribution in [1.29, 1.82) is 0 Å². The Morgan fingerprint density at radius 3 is 1.84 bits per heavy atom. The maximum absolute atomic E-state index is 9.49. The predicted octanol–water partition coefficient (Wildman–Crippen LogP) is 2.73. The van der Waals surface area contributed by atoms with Crippen molar-refractivity contribution in [1.82, 2.24) is 0 Å². The third-order valence-corrected chi connectivity index (χ3v) is 4.80. The van der Waals surface area contributed by atoms with Gasteiger partial charge in [0.05, 0.1) is 12.0 Å². The fourth-order valence-electron chi connectivity index (χ4n) is 2.97. The van der Waals surface area contributed by atoms with Crippen LogP contribution in [0.4, 0.5) is 17.1 Å². The van der Waals surface area contributed by atoms with E-state index in [4.69, 9.17) is 11.6 Å². The summed E-state index contributed by atoms with van der Waals surface area (Å²) in [5.74, 6) is 0.533. The Bertz CT molecular complexity index is 655. The molecule has 0 aliphatic carbocycles. The highest BCUT2D eigenvalue weighted by atomic mass is 35.5. The second kappa shape index (κ2) is 8.32. The van der Waals surface area contributed by atoms with Crippen LogP contribution in [-0.4, -0.2) is 54.9 Å². The van der Waals surface area contributed by atoms with Gasteiger partial charge in [0.25, 0.3) is 0 Å². The van der Waals surface area contributed by atoms with Crippen molar-refractivity contribution in [3.8, 4) is 5.75 Å². The number of benzene rings is 2. The second-order valence-electron chi connectivity index (χ2n) is 6.23. The largest absolute Gasteiger partial charge is 0.508 e. The Hall–Kier alpha value is -2.11. The molecule has 1 aliphatic heterocycles. The van der Waals surface area contributed by atoms with E-state index in [2.05, 4.69) is 27.2 Å². The molecule has 1 fully saturated rings. The zero-order chi connectivity index (χ0) is 17.6. The summed E-state index contributed by atoms with van der Waals surface area (Å²) < 4.78 is 0. The molecule has 1 aliphatic rings. The quantitative estimate of drug-likeness (QED) is 0.691. The number of nitrogens with zero attached hydrogens (tertiary/aromatic N) is 2. The van der Waals surface area contributed by atoms with Gasteiger partial charge in [-0.3, -0.25) is 0 Å². The van der Waals surface area contributed by atoms with Crippen LogP contribution in [0.15, 0.2) is 48.5 Å². The predicted molar refractivity (Wildman–Crippen MR) is 104 cm³/mol. The standard InChI is InChI=1S/C19H24ClN3O2/c20-13-19(25)14-21-15-1-3-16(4-2-15)22-9-11-23(12-10-22)17-5-7-18(24)8-6-17/h1-8,19,21,24-25H,9-14H2. The molecular formula is C19H24ClN3O2. The van der Waals surface area contributed by atoms with E-state index in [0.29, 0.717) is 12.3 Å². The summed E-state index contributed by atoms with van der Waals surface area (Å²) in [6.45, 7) is 4.27. The molecule has 3 rings (SSSR count). The highest BCUT2D eigenvalue weighted by Crippen LogP contribution is 2.23. The molecule has 0 amide bonds. The molecule has 0 spiro atoms. The molecule has 0 saturated carbocycles. The Balaban J connectivity index is 1.53. The number of aliphatic hydroxyl groups is 1. The van der Waals surface area contributed by atoms with E-state index >= 15 is 0 Å². The van der Waals surface area contributed by atoms with Crippen LogP contribution in [0.5, 0.6) is 5.75 Å². The lowest BCUT2D eigenvalue weighted by Gasteiger charge is -2.37. The van der Waals surface area contributed by atoms with Crippen LogP contribution in [-0.2, 0) is 0 Å². The number of nitrogens with one attached hydrogen (secondary N) is 1. The number of anilines is 3. The van der Waals surface area contributed by atoms with E-state index in [9.17, 15) is 10.2 Å². The van der Waals surface area contributed by atoms with Crippen molar-refractivity contribution in [3.05, 3.63) is 48.5 Å². The summed E-state index contributed by atoms with van der Waals surface area (Å²) in [7, 11) is 0. The molecular weight excluding hydrogens is 338 g/mol. The van der Waals surface area contributed by atoms with Crippen LogP contribution in [0.3, 0.4) is 0 Å². The summed E-state index contributed by atoms with van der Waals surface area (Å²) >= 11 is 5.60. The van der Waals surface area contributed by atoms with Gasteiger partial charge >= 0.3 is 0 Å². The topological polar surface area (TPSA) is 59.0 Å². The van der Waals surface area contributed by atoms with Crippen LogP contribution in [0, 0.1) is 0 Å². The molecule has 0 radical (unpaired) electrons. The van der Waals surface area contributed by atoms with Crippen molar-refractivity contribution in [2.75, 3.05) is 53.7 Å². The molecule has 5 nitrogen and oxygen atoms in total. The molecule has 1 saturated heterocycles. The van der Waals surface area contributed by atoms with Crippen molar-refractivity contribution in [3.63, 3.8) is 0 Å². The van der Waals surface area contributed by atoms with Gasteiger partial charge in [-0.1, -0.05) is 0 Å². The van der Waals surface area contributed by atoms with Gasteiger partial charge in [-0.05, 0) is 48.5 Å². The first-order valence-corrected chi connectivity index (χ1v) is 9.06. The van der Waals surface area contributed by atoms with Gasteiger partial charge in [0.15, 0.2) is 0 Å². The summed E-state index contributed by atoms with van der Waals surface area (Å²) in [4.78, 5) is 4.70. The van der Waals surface area contributed by atoms with E-state index in [-0.39, 0.29) is 5.88 Å². The van der Waals surface area contributed by atoms with Crippen LogP contribution in [0.25, 0.3) is 0 Å². The molecule has 1 unspecified atom stereocenters. The molecule has 2 aromatic carbocycles. The third-order valence-electron chi connectivity index (χ3n) is 4.45. The number of hydrogen-bond acceptors (Lipinski definition) is 5. The van der Waals surface area contributed by atoms with Gasteiger partial charge in [0.2, 0.25) is 0 Å². The van der Waals surface area contributed by atoms with Crippen LogP contribution in [0.1, 0.15) is 0 Å². The average molecular weight is 362 g/mol. The fraction of sp³-hybridized carbons (Fsp3) is 0.368. The monoisotopic (exact) mass is 361 g/mol. The van der Waals surface area contributed by atoms with Crippen LogP contribution in [0.2, 0.25) is 0 Å². The van der Waals surface area contributed by atoms with E-state index in [0.717, 1.165) is 37.6 Å². The van der Waals surface area contributed by atoms with Crippen molar-refractivity contribution in [2.24, 2.45) is 0 Å². The first-order valence-electron chi connectivity index (χ1n) is 8.52. The summed E-state index contributed by atoms with van der Waals surface area (Å²) in [6.07, 6.45) is -0.533. The number of phenolic OH excluding ortho intramolecular Hbond substituents is 1. The van der Waals surface area contributed by atoms with E-state index in [1.54, 1.807) is 12.1 Å². The minimum atomic E-state index is -0.533. The van der Waals surface area contributed by atoms with E-state index < -0.39 is 6.10 Å². The van der Waals surface area contributed by atoms with Gasteiger partial charge in [0.1, 0.15) is 5.75 Å². The molecule has 2 aromatic rings. The SMILES string of the molecule is Oc1ccc(N2CCN(c3ccc(NCC(O)CCl)cc3)CC2)cc1. The Morgan fingerprint density at radius 1 is 0.880 bits per heavy atom. The molecule has 0 aromatic heterocycles. The lowest BCUT2D eigenvalue weighted by Crippen LogP contribution is -2.46. The number of phenols is 1. The van der Waals surface area contributed by atoms with E-state index in [1.165, 1.54) is 5.69 Å². The highest BCUT2D eigenvalue weighted by molar-refractivity contribution is 6.18. The number of rotatable bonds is 6. The number of hydrogen-bond donors (Lipinski definition) is 3. The number of alkyl halides is 1. The van der Waals surface area contributed by atoms with Crippen molar-refractivity contribution >= 4 is 28.7 Å². The van der Waals surface area contributed by atoms with Gasteiger partial charge in [-0.25, -0.2) is 0 Å². The Morgan fingerprint density at radius 2 is 1.36 bits per heavy atom. The van der Waals surface area contributed by atoms with Gasteiger partial charge < -0.3 is 25.3 Å². The highest BCUT2D eigenvalue weighted by Gasteiger charge is 2.17. The van der Waals surface area contributed by atoms with Crippen LogP contribution >= 0.6 is 11.6 Å². The number of aliphatic hydroxyl groups excluding tert-OH is 1. The number of aromatic hydroxyl groups is 1. The molecule has 1 atom stereocenters. The maximum Gasteiger partial charge on any atom is 0.115 e. The minimum absolute atomic E-state index is 0.233. The maximum atomic E-state index is 9.49. The first-order chi connectivity index (χ1) is 12.2. The normalized spacial score (nSPS) is 15.9. The third kappa shape index (κ3) is 4.71. The summed E-state index contributed by atoms with van der Waals surface area (Å²) in [6, 6.07) is 15.6. The van der Waals surface area contributed by atoms with Crippen molar-refractivity contribution in [2.45, 2.75) is 6.10 Å². The number of halogens is 1. The fourth-order valence-corrected chi connectivity index (χ4v) is 3.08. The van der Waals surface area contributed by atoms with Gasteiger partial charge in [-0.2, -0.15) is 0 Å². The summed E-state index contributed by atoms with van der Waals surface area (Å²) in [5, 5.41) is 22.1. The zero-order valence-electron chi connectivity index (χ0n) is 14.1. The van der Waals surface area contributed by atoms with Crippen molar-refractivity contribution < 1.29 is 10.2 Å². The van der Waals surface area contributed by atoms with E-state index in [1.807, 2.05) is 24.3 Å². The van der Waals surface area contributed by atoms with Gasteiger partial charge in [0, 0.05) is 49.8 Å². The molecule has 134 valence electrons. The first kappa shape index (κ1) is 17.7. The zero-order valence-corrected chi connectivity index (χ0v) is 14.9. The molecule has 6 heteroatoms. The average Bonchev–Trinajstić information content (AvgIpc) is 2.67. The molecule has 3 N–H and O–H groups in total. The molecule has 25 heavy (non-hydrogen) atoms. The Kier molecular flexibility index (Phi) is 5.89. The smallest absolute Gasteiger partial charge is 0.115 e. The van der Waals surface area contributed by atoms with Gasteiger partial charge in [-0.15, -0.1) is 11.6 Å². The van der Waals surface area contributed by atoms with Crippen LogP contribution < -0.4 is 15.1 Å². The second-order valence-corrected chi connectivity index (χ2v) is 6.54. The Labute approximate surface area is 153 Å². The molecule has 1 heterocycles. The lowest BCUT2D eigenvalue weighted by atomic mass is 10.2.